The molecule has 100 valence electrons. The first-order valence-electron chi connectivity index (χ1n) is 6.17. The fourth-order valence-corrected chi connectivity index (χ4v) is 2.89. The normalized spacial score (nSPS) is 12.1. The van der Waals surface area contributed by atoms with Gasteiger partial charge < -0.3 is 5.32 Å². The van der Waals surface area contributed by atoms with E-state index in [4.69, 9.17) is 0 Å². The van der Waals surface area contributed by atoms with Gasteiger partial charge in [0.1, 0.15) is 5.69 Å². The van der Waals surface area contributed by atoms with Gasteiger partial charge in [0, 0.05) is 10.9 Å². The second kappa shape index (κ2) is 5.84. The zero-order valence-corrected chi connectivity index (χ0v) is 11.7. The number of nitro benzene ring substituents is 1. The number of thiophene rings is 1. The number of nitrogens with zero attached hydrogens (tertiary/aromatic N) is 1. The van der Waals surface area contributed by atoms with Crippen molar-refractivity contribution in [2.24, 2.45) is 0 Å². The molecule has 0 aliphatic carbocycles. The van der Waals surface area contributed by atoms with Crippen LogP contribution in [0, 0.1) is 17.0 Å². The Morgan fingerprint density at radius 3 is 2.74 bits per heavy atom. The van der Waals surface area contributed by atoms with Crippen molar-refractivity contribution in [1.29, 1.82) is 0 Å². The predicted molar refractivity (Wildman–Crippen MR) is 78.8 cm³/mol. The number of nitrogens with one attached hydrogen (secondary N) is 1. The fraction of sp³-hybridized carbons (Fsp3) is 0.286. The summed E-state index contributed by atoms with van der Waals surface area (Å²) in [7, 11) is 0. The van der Waals surface area contributed by atoms with Crippen molar-refractivity contribution in [2.45, 2.75) is 26.3 Å². The maximum Gasteiger partial charge on any atom is 0.292 e. The number of aryl methyl sites for hydroxylation is 1. The van der Waals surface area contributed by atoms with Gasteiger partial charge in [-0.1, -0.05) is 25.1 Å². The van der Waals surface area contributed by atoms with Crippen molar-refractivity contribution in [3.05, 3.63) is 56.3 Å². The van der Waals surface area contributed by atoms with E-state index in [0.717, 1.165) is 12.0 Å². The van der Waals surface area contributed by atoms with Crippen LogP contribution in [0.1, 0.15) is 29.8 Å². The lowest BCUT2D eigenvalue weighted by molar-refractivity contribution is -0.384. The number of anilines is 1. The molecule has 0 aliphatic heterocycles. The highest BCUT2D eigenvalue weighted by Crippen LogP contribution is 2.33. The van der Waals surface area contributed by atoms with Gasteiger partial charge in [-0.05, 0) is 30.4 Å². The van der Waals surface area contributed by atoms with Crippen LogP contribution in [0.15, 0.2) is 35.7 Å². The molecule has 2 rings (SSSR count). The number of hydrogen-bond donors (Lipinski definition) is 1. The Morgan fingerprint density at radius 2 is 2.16 bits per heavy atom. The van der Waals surface area contributed by atoms with Gasteiger partial charge in [-0.3, -0.25) is 10.1 Å². The Morgan fingerprint density at radius 1 is 1.37 bits per heavy atom. The molecule has 0 amide bonds. The Balaban J connectivity index is 2.34. The standard InChI is InChI=1S/C14H16N2O2S/c1-3-11(13-8-5-9-19-13)15-14-10(2)6-4-7-12(14)16(17)18/h4-9,11,15H,3H2,1-2H3. The van der Waals surface area contributed by atoms with Gasteiger partial charge in [0.2, 0.25) is 0 Å². The van der Waals surface area contributed by atoms with Gasteiger partial charge in [-0.25, -0.2) is 0 Å². The summed E-state index contributed by atoms with van der Waals surface area (Å²) in [6, 6.07) is 9.30. The van der Waals surface area contributed by atoms with Gasteiger partial charge in [0.15, 0.2) is 0 Å². The van der Waals surface area contributed by atoms with Crippen molar-refractivity contribution >= 4 is 22.7 Å². The van der Waals surface area contributed by atoms with Crippen molar-refractivity contribution in [2.75, 3.05) is 5.32 Å². The lowest BCUT2D eigenvalue weighted by atomic mass is 10.1. The van der Waals surface area contributed by atoms with Gasteiger partial charge in [0.05, 0.1) is 11.0 Å². The molecule has 4 nitrogen and oxygen atoms in total. The molecule has 0 bridgehead atoms. The zero-order valence-electron chi connectivity index (χ0n) is 10.9. The highest BCUT2D eigenvalue weighted by atomic mass is 32.1. The van der Waals surface area contributed by atoms with Gasteiger partial charge >= 0.3 is 0 Å². The van der Waals surface area contributed by atoms with E-state index in [-0.39, 0.29) is 16.7 Å². The quantitative estimate of drug-likeness (QED) is 0.645. The molecular weight excluding hydrogens is 260 g/mol. The Kier molecular flexibility index (Phi) is 4.16. The van der Waals surface area contributed by atoms with E-state index in [0.29, 0.717) is 5.69 Å². The fourth-order valence-electron chi connectivity index (χ4n) is 2.03. The molecule has 1 atom stereocenters. The predicted octanol–water partition coefficient (Wildman–Crippen LogP) is 4.53. The van der Waals surface area contributed by atoms with Crippen LogP contribution in [-0.4, -0.2) is 4.92 Å². The molecule has 1 heterocycles. The second-order valence-corrected chi connectivity index (χ2v) is 5.33. The second-order valence-electron chi connectivity index (χ2n) is 4.35. The first-order valence-corrected chi connectivity index (χ1v) is 7.05. The molecule has 0 saturated heterocycles. The molecule has 0 aliphatic rings. The van der Waals surface area contributed by atoms with Gasteiger partial charge in [0.25, 0.3) is 5.69 Å². The van der Waals surface area contributed by atoms with Crippen LogP contribution in [0.5, 0.6) is 0 Å². The highest BCUT2D eigenvalue weighted by Gasteiger charge is 2.19. The summed E-state index contributed by atoms with van der Waals surface area (Å²) in [6.07, 6.45) is 0.881. The summed E-state index contributed by atoms with van der Waals surface area (Å²) in [4.78, 5) is 12.0. The number of hydrogen-bond acceptors (Lipinski definition) is 4. The Bertz CT molecular complexity index is 567. The summed E-state index contributed by atoms with van der Waals surface area (Å²) in [5, 5.41) is 16.4. The SMILES string of the molecule is CCC(Nc1c(C)cccc1[N+](=O)[O-])c1cccs1. The number of benzene rings is 1. The number of nitro groups is 1. The summed E-state index contributed by atoms with van der Waals surface area (Å²) < 4.78 is 0. The molecule has 0 radical (unpaired) electrons. The minimum absolute atomic E-state index is 0.111. The summed E-state index contributed by atoms with van der Waals surface area (Å²) >= 11 is 1.66. The van der Waals surface area contributed by atoms with E-state index >= 15 is 0 Å². The minimum Gasteiger partial charge on any atom is -0.372 e. The molecule has 5 heteroatoms. The summed E-state index contributed by atoms with van der Waals surface area (Å²) in [5.74, 6) is 0. The third-order valence-electron chi connectivity index (χ3n) is 3.06. The molecular formula is C14H16N2O2S. The van der Waals surface area contributed by atoms with Crippen molar-refractivity contribution in [3.63, 3.8) is 0 Å². The highest BCUT2D eigenvalue weighted by molar-refractivity contribution is 7.10. The number of para-hydroxylation sites is 1. The average molecular weight is 276 g/mol. The molecule has 2 aromatic rings. The van der Waals surface area contributed by atoms with E-state index in [1.807, 2.05) is 24.4 Å². The van der Waals surface area contributed by atoms with Crippen molar-refractivity contribution in [1.82, 2.24) is 0 Å². The molecule has 1 unspecified atom stereocenters. The Hall–Kier alpha value is -1.88. The number of rotatable bonds is 5. The van der Waals surface area contributed by atoms with Crippen LogP contribution in [0.2, 0.25) is 0 Å². The minimum atomic E-state index is -0.337. The smallest absolute Gasteiger partial charge is 0.292 e. The average Bonchev–Trinajstić information content (AvgIpc) is 2.90. The third kappa shape index (κ3) is 2.93. The van der Waals surface area contributed by atoms with Crippen LogP contribution in [-0.2, 0) is 0 Å². The molecule has 1 aromatic carbocycles. The topological polar surface area (TPSA) is 55.2 Å². The van der Waals surface area contributed by atoms with Crippen LogP contribution >= 0.6 is 11.3 Å². The van der Waals surface area contributed by atoms with Crippen LogP contribution in [0.25, 0.3) is 0 Å². The third-order valence-corrected chi connectivity index (χ3v) is 4.05. The zero-order chi connectivity index (χ0) is 13.8. The molecule has 0 fully saturated rings. The van der Waals surface area contributed by atoms with Crippen LogP contribution in [0.3, 0.4) is 0 Å². The monoisotopic (exact) mass is 276 g/mol. The van der Waals surface area contributed by atoms with Crippen molar-refractivity contribution < 1.29 is 4.92 Å². The van der Waals surface area contributed by atoms with Gasteiger partial charge in [-0.15, -0.1) is 11.3 Å². The summed E-state index contributed by atoms with van der Waals surface area (Å²) in [5.41, 5.74) is 1.65. The molecule has 1 N–H and O–H groups in total. The van der Waals surface area contributed by atoms with E-state index in [1.165, 1.54) is 10.9 Å². The van der Waals surface area contributed by atoms with Crippen LogP contribution < -0.4 is 5.32 Å². The van der Waals surface area contributed by atoms with Crippen LogP contribution in [0.4, 0.5) is 11.4 Å². The van der Waals surface area contributed by atoms with Gasteiger partial charge in [-0.2, -0.15) is 0 Å². The van der Waals surface area contributed by atoms with E-state index < -0.39 is 0 Å². The molecule has 1 aromatic heterocycles. The molecule has 0 saturated carbocycles. The molecule has 0 spiro atoms. The lowest BCUT2D eigenvalue weighted by Crippen LogP contribution is -2.10. The maximum atomic E-state index is 11.1. The largest absolute Gasteiger partial charge is 0.372 e. The lowest BCUT2D eigenvalue weighted by Gasteiger charge is -2.18. The maximum absolute atomic E-state index is 11.1. The first-order chi connectivity index (χ1) is 9.13. The van der Waals surface area contributed by atoms with Crippen molar-refractivity contribution in [3.8, 4) is 0 Å². The van der Waals surface area contributed by atoms with E-state index in [2.05, 4.69) is 18.3 Å². The molecule has 19 heavy (non-hydrogen) atoms. The summed E-state index contributed by atoms with van der Waals surface area (Å²) in [6.45, 7) is 3.96. The van der Waals surface area contributed by atoms with E-state index in [1.54, 1.807) is 17.4 Å². The first kappa shape index (κ1) is 13.5. The van der Waals surface area contributed by atoms with E-state index in [9.17, 15) is 10.1 Å². The Labute approximate surface area is 116 Å².